The Morgan fingerprint density at radius 1 is 1.16 bits per heavy atom. The van der Waals surface area contributed by atoms with E-state index in [1.165, 1.54) is 26.9 Å². The van der Waals surface area contributed by atoms with Gasteiger partial charge < -0.3 is 14.1 Å². The number of piperidine rings is 1. The summed E-state index contributed by atoms with van der Waals surface area (Å²) in [5, 5.41) is 1.81. The molecule has 2 aromatic heterocycles. The average Bonchev–Trinajstić information content (AvgIpc) is 3.48. The Morgan fingerprint density at radius 2 is 1.91 bits per heavy atom. The predicted octanol–water partition coefficient (Wildman–Crippen LogP) is 3.45. The molecule has 0 aliphatic carbocycles. The van der Waals surface area contributed by atoms with Gasteiger partial charge in [0.1, 0.15) is 0 Å². The van der Waals surface area contributed by atoms with Crippen molar-refractivity contribution in [3.8, 4) is 0 Å². The molecule has 1 amide bonds. The van der Waals surface area contributed by atoms with Crippen LogP contribution in [0.1, 0.15) is 60.1 Å². The Morgan fingerprint density at radius 3 is 2.59 bits per heavy atom. The van der Waals surface area contributed by atoms with Gasteiger partial charge in [-0.05, 0) is 61.7 Å². The quantitative estimate of drug-likeness (QED) is 0.588. The summed E-state index contributed by atoms with van der Waals surface area (Å²) in [5.41, 5.74) is 1.26. The number of amides is 1. The van der Waals surface area contributed by atoms with Gasteiger partial charge >= 0.3 is 5.97 Å². The maximum Gasteiger partial charge on any atom is 0.374 e. The largest absolute Gasteiger partial charge is 0.460 e. The van der Waals surface area contributed by atoms with Crippen molar-refractivity contribution < 1.29 is 27.2 Å². The van der Waals surface area contributed by atoms with E-state index >= 15 is 0 Å². The van der Waals surface area contributed by atoms with Crippen molar-refractivity contribution in [2.45, 2.75) is 50.7 Å². The molecule has 0 radical (unpaired) electrons. The van der Waals surface area contributed by atoms with Crippen LogP contribution in [0.15, 0.2) is 33.1 Å². The molecule has 0 bridgehead atoms. The molecule has 4 heterocycles. The van der Waals surface area contributed by atoms with Crippen molar-refractivity contribution in [2.24, 2.45) is 5.92 Å². The number of hydrogen-bond acceptors (Lipinski definition) is 7. The second kappa shape index (κ2) is 9.36. The number of thiophene rings is 1. The van der Waals surface area contributed by atoms with Crippen LogP contribution in [0.4, 0.5) is 0 Å². The molecule has 0 spiro atoms. The van der Waals surface area contributed by atoms with Gasteiger partial charge in [0.05, 0.1) is 12.6 Å². The Kier molecular flexibility index (Phi) is 6.73. The van der Waals surface area contributed by atoms with Crippen LogP contribution in [-0.4, -0.2) is 55.7 Å². The van der Waals surface area contributed by atoms with E-state index in [1.54, 1.807) is 18.3 Å². The summed E-state index contributed by atoms with van der Waals surface area (Å²) in [7, 11) is -3.88. The van der Waals surface area contributed by atoms with Crippen molar-refractivity contribution in [1.29, 1.82) is 0 Å². The van der Waals surface area contributed by atoms with E-state index in [2.05, 4.69) is 18.4 Å². The van der Waals surface area contributed by atoms with Crippen LogP contribution < -0.4 is 0 Å². The standard InChI is InChI=1S/C22H28N2O6S2/c1-3-17-16-10-14-31-19(16)9-13-24(17)21(25)15-7-11-23(12-8-15)32(27,28)20-6-5-18(30-20)22(26)29-4-2/h5-6,10,14-15,17H,3-4,7-9,11-13H2,1-2H3. The second-order valence-electron chi connectivity index (χ2n) is 8.02. The van der Waals surface area contributed by atoms with E-state index in [1.807, 2.05) is 4.90 Å². The van der Waals surface area contributed by atoms with Crippen molar-refractivity contribution in [1.82, 2.24) is 9.21 Å². The van der Waals surface area contributed by atoms with Crippen LogP contribution >= 0.6 is 11.3 Å². The third-order valence-corrected chi connectivity index (χ3v) is 8.99. The Hall–Kier alpha value is -2.17. The molecule has 4 rings (SSSR count). The first-order valence-electron chi connectivity index (χ1n) is 11.0. The lowest BCUT2D eigenvalue weighted by Crippen LogP contribution is -2.47. The minimum absolute atomic E-state index is 0.101. The van der Waals surface area contributed by atoms with E-state index in [4.69, 9.17) is 9.15 Å². The van der Waals surface area contributed by atoms with Gasteiger partial charge in [-0.1, -0.05) is 6.92 Å². The van der Waals surface area contributed by atoms with Crippen molar-refractivity contribution >= 4 is 33.2 Å². The molecule has 1 saturated heterocycles. The van der Waals surface area contributed by atoms with E-state index in [-0.39, 0.29) is 48.4 Å². The fourth-order valence-electron chi connectivity index (χ4n) is 4.58. The van der Waals surface area contributed by atoms with Crippen LogP contribution in [0.2, 0.25) is 0 Å². The molecule has 2 aliphatic heterocycles. The fraction of sp³-hybridized carbons (Fsp3) is 0.545. The van der Waals surface area contributed by atoms with E-state index < -0.39 is 16.0 Å². The van der Waals surface area contributed by atoms with E-state index in [0.717, 1.165) is 12.8 Å². The van der Waals surface area contributed by atoms with Gasteiger partial charge in [-0.3, -0.25) is 4.79 Å². The zero-order chi connectivity index (χ0) is 22.9. The molecule has 1 unspecified atom stereocenters. The highest BCUT2D eigenvalue weighted by molar-refractivity contribution is 7.89. The van der Waals surface area contributed by atoms with Gasteiger partial charge in [0.25, 0.3) is 10.0 Å². The molecule has 32 heavy (non-hydrogen) atoms. The van der Waals surface area contributed by atoms with Crippen LogP contribution in [0, 0.1) is 5.92 Å². The van der Waals surface area contributed by atoms with Gasteiger partial charge in [-0.25, -0.2) is 13.2 Å². The number of esters is 1. The third kappa shape index (κ3) is 4.23. The number of sulfonamides is 1. The number of carbonyl (C=O) groups excluding carboxylic acids is 2. The van der Waals surface area contributed by atoms with Gasteiger partial charge in [0, 0.05) is 30.4 Å². The Bertz CT molecular complexity index is 1080. The number of ether oxygens (including phenoxy) is 1. The summed E-state index contributed by atoms with van der Waals surface area (Å²) in [6.45, 7) is 5.13. The average molecular weight is 481 g/mol. The molecule has 8 nitrogen and oxygen atoms in total. The molecule has 1 fully saturated rings. The normalized spacial score (nSPS) is 20.2. The molecule has 0 N–H and O–H groups in total. The van der Waals surface area contributed by atoms with Gasteiger partial charge in [-0.15, -0.1) is 11.3 Å². The smallest absolute Gasteiger partial charge is 0.374 e. The molecule has 1 atom stereocenters. The van der Waals surface area contributed by atoms with Gasteiger partial charge in [-0.2, -0.15) is 4.31 Å². The van der Waals surface area contributed by atoms with Crippen LogP contribution in [0.5, 0.6) is 0 Å². The van der Waals surface area contributed by atoms with Crippen LogP contribution in [0.3, 0.4) is 0 Å². The molecule has 0 saturated carbocycles. The number of furan rings is 1. The SMILES string of the molecule is CCOC(=O)c1ccc(S(=O)(=O)N2CCC(C(=O)N3CCc4sccc4C3CC)CC2)o1. The van der Waals surface area contributed by atoms with Crippen LogP contribution in [-0.2, 0) is 26.0 Å². The highest BCUT2D eigenvalue weighted by Gasteiger charge is 2.38. The van der Waals surface area contributed by atoms with Gasteiger partial charge in [0.2, 0.25) is 16.8 Å². The molecule has 2 aliphatic rings. The highest BCUT2D eigenvalue weighted by atomic mass is 32.2. The molecule has 2 aromatic rings. The molecular weight excluding hydrogens is 452 g/mol. The minimum atomic E-state index is -3.88. The van der Waals surface area contributed by atoms with Crippen LogP contribution in [0.25, 0.3) is 0 Å². The maximum absolute atomic E-state index is 13.3. The Labute approximate surface area is 192 Å². The monoisotopic (exact) mass is 480 g/mol. The second-order valence-corrected chi connectivity index (χ2v) is 10.9. The minimum Gasteiger partial charge on any atom is -0.460 e. The summed E-state index contributed by atoms with van der Waals surface area (Å²) in [6.07, 6.45) is 2.67. The molecule has 0 aromatic carbocycles. The number of nitrogens with zero attached hydrogens (tertiary/aromatic N) is 2. The highest BCUT2D eigenvalue weighted by Crippen LogP contribution is 2.37. The number of hydrogen-bond donors (Lipinski definition) is 0. The van der Waals surface area contributed by atoms with Crippen molar-refractivity contribution in [3.05, 3.63) is 39.8 Å². The zero-order valence-corrected chi connectivity index (χ0v) is 19.9. The first kappa shape index (κ1) is 23.0. The lowest BCUT2D eigenvalue weighted by Gasteiger charge is -2.39. The van der Waals surface area contributed by atoms with Crippen molar-refractivity contribution in [3.63, 3.8) is 0 Å². The third-order valence-electron chi connectivity index (χ3n) is 6.22. The summed E-state index contributed by atoms with van der Waals surface area (Å²) in [6, 6.07) is 4.80. The number of carbonyl (C=O) groups is 2. The fourth-order valence-corrected chi connectivity index (χ4v) is 6.89. The summed E-state index contributed by atoms with van der Waals surface area (Å²) in [5.74, 6) is -0.909. The lowest BCUT2D eigenvalue weighted by molar-refractivity contribution is -0.139. The van der Waals surface area contributed by atoms with E-state index in [0.29, 0.717) is 19.4 Å². The summed E-state index contributed by atoms with van der Waals surface area (Å²) < 4.78 is 37.3. The first-order valence-corrected chi connectivity index (χ1v) is 13.3. The summed E-state index contributed by atoms with van der Waals surface area (Å²) >= 11 is 1.75. The number of fused-ring (bicyclic) bond motifs is 1. The maximum atomic E-state index is 13.3. The lowest BCUT2D eigenvalue weighted by atomic mass is 9.92. The number of rotatable bonds is 6. The van der Waals surface area contributed by atoms with Crippen molar-refractivity contribution in [2.75, 3.05) is 26.2 Å². The predicted molar refractivity (Wildman–Crippen MR) is 119 cm³/mol. The van der Waals surface area contributed by atoms with E-state index in [9.17, 15) is 18.0 Å². The topological polar surface area (TPSA) is 97.1 Å². The zero-order valence-electron chi connectivity index (χ0n) is 18.3. The molecule has 10 heteroatoms. The molecular formula is C22H28N2O6S2. The van der Waals surface area contributed by atoms with Gasteiger partial charge in [0.15, 0.2) is 0 Å². The molecule has 174 valence electrons. The Balaban J connectivity index is 1.40. The summed E-state index contributed by atoms with van der Waals surface area (Å²) in [4.78, 5) is 28.4. The first-order chi connectivity index (χ1) is 15.4.